The third kappa shape index (κ3) is 6.39. The molecule has 0 spiro atoms. The second-order valence-electron chi connectivity index (χ2n) is 7.96. The predicted molar refractivity (Wildman–Crippen MR) is 135 cm³/mol. The number of hydrogen-bond donors (Lipinski definition) is 2. The molecule has 2 N–H and O–H groups in total. The van der Waals surface area contributed by atoms with Crippen molar-refractivity contribution in [1.82, 2.24) is 0 Å². The highest BCUT2D eigenvalue weighted by Crippen LogP contribution is 2.31. The van der Waals surface area contributed by atoms with Crippen molar-refractivity contribution in [1.29, 1.82) is 0 Å². The number of nitrogens with one attached hydrogen (secondary N) is 2. The second-order valence-corrected chi connectivity index (χ2v) is 9.64. The van der Waals surface area contributed by atoms with Crippen LogP contribution in [0.2, 0.25) is 0 Å². The van der Waals surface area contributed by atoms with Gasteiger partial charge in [-0.1, -0.05) is 29.8 Å². The van der Waals surface area contributed by atoms with E-state index in [0.29, 0.717) is 11.3 Å². The maximum absolute atomic E-state index is 13.0. The van der Waals surface area contributed by atoms with Gasteiger partial charge in [0.2, 0.25) is 5.91 Å². The van der Waals surface area contributed by atoms with Crippen molar-refractivity contribution in [2.24, 2.45) is 0 Å². The molecule has 0 atom stereocenters. The Hall–Kier alpha value is -3.85. The topological polar surface area (TPSA) is 111 Å². The lowest BCUT2D eigenvalue weighted by molar-refractivity contribution is -0.116. The molecular formula is C26H28N2O6S. The quantitative estimate of drug-likeness (QED) is 0.393. The first-order valence-corrected chi connectivity index (χ1v) is 12.4. The zero-order valence-electron chi connectivity index (χ0n) is 20.0. The Kier molecular flexibility index (Phi) is 8.14. The number of hydrogen-bond acceptors (Lipinski definition) is 6. The summed E-state index contributed by atoms with van der Waals surface area (Å²) in [6, 6.07) is 16.4. The number of anilines is 2. The molecule has 0 fully saturated rings. The second kappa shape index (κ2) is 11.1. The van der Waals surface area contributed by atoms with E-state index in [1.54, 1.807) is 24.3 Å². The van der Waals surface area contributed by atoms with Crippen LogP contribution >= 0.6 is 0 Å². The van der Waals surface area contributed by atoms with Crippen LogP contribution in [-0.2, 0) is 14.8 Å². The molecule has 3 aromatic rings. The highest BCUT2D eigenvalue weighted by atomic mass is 32.2. The van der Waals surface area contributed by atoms with Crippen LogP contribution in [-0.4, -0.2) is 34.3 Å². The molecule has 3 aromatic carbocycles. The molecule has 0 aliphatic rings. The number of amides is 1. The average Bonchev–Trinajstić information content (AvgIpc) is 2.84. The van der Waals surface area contributed by atoms with Crippen LogP contribution in [0.15, 0.2) is 65.6 Å². The van der Waals surface area contributed by atoms with Crippen LogP contribution < -0.4 is 19.5 Å². The summed E-state index contributed by atoms with van der Waals surface area (Å²) in [4.78, 5) is 25.1. The van der Waals surface area contributed by atoms with E-state index in [9.17, 15) is 18.0 Å². The molecule has 0 saturated heterocycles. The van der Waals surface area contributed by atoms with Crippen molar-refractivity contribution >= 4 is 33.1 Å². The Morgan fingerprint density at radius 2 is 1.51 bits per heavy atom. The van der Waals surface area contributed by atoms with Gasteiger partial charge >= 0.3 is 0 Å². The number of carbonyl (C=O) groups excluding carboxylic acids is 2. The summed E-state index contributed by atoms with van der Waals surface area (Å²) < 4.78 is 38.9. The zero-order valence-corrected chi connectivity index (χ0v) is 20.9. The minimum atomic E-state index is -3.99. The summed E-state index contributed by atoms with van der Waals surface area (Å²) in [6.45, 7) is 3.75. The molecule has 9 heteroatoms. The van der Waals surface area contributed by atoms with Gasteiger partial charge in [-0.05, 0) is 55.8 Å². The van der Waals surface area contributed by atoms with Gasteiger partial charge < -0.3 is 14.8 Å². The summed E-state index contributed by atoms with van der Waals surface area (Å²) in [6.07, 6.45) is -0.0440. The molecule has 0 heterocycles. The van der Waals surface area contributed by atoms with E-state index in [4.69, 9.17) is 9.47 Å². The molecule has 0 unspecified atom stereocenters. The van der Waals surface area contributed by atoms with Gasteiger partial charge in [0.15, 0.2) is 5.78 Å². The molecule has 0 radical (unpaired) electrons. The largest absolute Gasteiger partial charge is 0.495 e. The van der Waals surface area contributed by atoms with E-state index in [0.717, 1.165) is 11.1 Å². The van der Waals surface area contributed by atoms with Gasteiger partial charge in [0, 0.05) is 18.4 Å². The third-order valence-corrected chi connectivity index (χ3v) is 6.74. The van der Waals surface area contributed by atoms with Crippen molar-refractivity contribution in [3.8, 4) is 11.5 Å². The smallest absolute Gasteiger partial charge is 0.262 e. The average molecular weight is 497 g/mol. The third-order valence-electron chi connectivity index (χ3n) is 5.38. The lowest BCUT2D eigenvalue weighted by atomic mass is 9.99. The first kappa shape index (κ1) is 25.8. The molecule has 0 aromatic heterocycles. The van der Waals surface area contributed by atoms with E-state index in [2.05, 4.69) is 10.0 Å². The minimum absolute atomic E-state index is 0.0196. The molecule has 184 valence electrons. The van der Waals surface area contributed by atoms with Gasteiger partial charge in [-0.3, -0.25) is 14.3 Å². The molecular weight excluding hydrogens is 468 g/mol. The number of rotatable bonds is 10. The SMILES string of the molecule is COc1ccc(S(=O)(=O)Nc2ccccc2OC)cc1NC(=O)CCC(=O)c1cc(C)ccc1C. The molecule has 0 aliphatic carbocycles. The van der Waals surface area contributed by atoms with E-state index in [-0.39, 0.29) is 40.6 Å². The highest BCUT2D eigenvalue weighted by molar-refractivity contribution is 7.92. The molecule has 0 saturated carbocycles. The van der Waals surface area contributed by atoms with E-state index in [1.165, 1.54) is 32.4 Å². The maximum Gasteiger partial charge on any atom is 0.262 e. The summed E-state index contributed by atoms with van der Waals surface area (Å²) in [5.74, 6) is 0.0851. The van der Waals surface area contributed by atoms with E-state index in [1.807, 2.05) is 32.0 Å². The first-order valence-electron chi connectivity index (χ1n) is 10.9. The summed E-state index contributed by atoms with van der Waals surface area (Å²) in [7, 11) is -1.13. The van der Waals surface area contributed by atoms with Crippen molar-refractivity contribution in [3.63, 3.8) is 0 Å². The normalized spacial score (nSPS) is 11.0. The number of Topliss-reactive ketones (excluding diaryl/α,β-unsaturated/α-hetero) is 1. The number of methoxy groups -OCH3 is 2. The van der Waals surface area contributed by atoms with Crippen LogP contribution in [0.4, 0.5) is 11.4 Å². The number of ether oxygens (including phenoxy) is 2. The molecule has 1 amide bonds. The van der Waals surface area contributed by atoms with Crippen molar-refractivity contribution < 1.29 is 27.5 Å². The van der Waals surface area contributed by atoms with E-state index < -0.39 is 15.9 Å². The Labute approximate surface area is 205 Å². The lowest BCUT2D eigenvalue weighted by Gasteiger charge is -2.14. The Morgan fingerprint density at radius 3 is 2.23 bits per heavy atom. The van der Waals surface area contributed by atoms with E-state index >= 15 is 0 Å². The maximum atomic E-state index is 13.0. The van der Waals surface area contributed by atoms with Gasteiger partial charge in [0.25, 0.3) is 10.0 Å². The van der Waals surface area contributed by atoms with Crippen LogP contribution in [0.3, 0.4) is 0 Å². The minimum Gasteiger partial charge on any atom is -0.495 e. The Bertz CT molecular complexity index is 1350. The van der Waals surface area contributed by atoms with Crippen molar-refractivity contribution in [2.45, 2.75) is 31.6 Å². The zero-order chi connectivity index (χ0) is 25.6. The lowest BCUT2D eigenvalue weighted by Crippen LogP contribution is -2.17. The number of benzene rings is 3. The Morgan fingerprint density at radius 1 is 0.829 bits per heavy atom. The number of ketones is 1. The van der Waals surface area contributed by atoms with Gasteiger partial charge in [-0.25, -0.2) is 8.42 Å². The highest BCUT2D eigenvalue weighted by Gasteiger charge is 2.20. The predicted octanol–water partition coefficient (Wildman–Crippen LogP) is 4.72. The standard InChI is InChI=1S/C26H28N2O6S/c1-17-9-10-18(2)20(15-17)23(29)12-14-26(30)27-22-16-19(11-13-25(22)34-4)35(31,32)28-21-7-5-6-8-24(21)33-3/h5-11,13,15-16,28H,12,14H2,1-4H3,(H,27,30). The Balaban J connectivity index is 1.75. The van der Waals surface area contributed by atoms with Gasteiger partial charge in [-0.15, -0.1) is 0 Å². The number of para-hydroxylation sites is 2. The molecule has 35 heavy (non-hydrogen) atoms. The fourth-order valence-electron chi connectivity index (χ4n) is 3.50. The monoisotopic (exact) mass is 496 g/mol. The molecule has 8 nitrogen and oxygen atoms in total. The number of aryl methyl sites for hydroxylation is 2. The first-order chi connectivity index (χ1) is 16.6. The van der Waals surface area contributed by atoms with Crippen molar-refractivity contribution in [2.75, 3.05) is 24.3 Å². The van der Waals surface area contributed by atoms with Crippen molar-refractivity contribution in [3.05, 3.63) is 77.4 Å². The summed E-state index contributed by atoms with van der Waals surface area (Å²) >= 11 is 0. The molecule has 3 rings (SSSR count). The summed E-state index contributed by atoms with van der Waals surface area (Å²) in [5.41, 5.74) is 2.86. The molecule has 0 bridgehead atoms. The fraction of sp³-hybridized carbons (Fsp3) is 0.231. The van der Waals surface area contributed by atoms with Gasteiger partial charge in [0.05, 0.1) is 30.5 Å². The van der Waals surface area contributed by atoms with Crippen LogP contribution in [0, 0.1) is 13.8 Å². The number of sulfonamides is 1. The number of carbonyl (C=O) groups is 2. The van der Waals surface area contributed by atoms with Crippen LogP contribution in [0.25, 0.3) is 0 Å². The van der Waals surface area contributed by atoms with Gasteiger partial charge in [-0.2, -0.15) is 0 Å². The van der Waals surface area contributed by atoms with Crippen LogP contribution in [0.1, 0.15) is 34.3 Å². The fourth-order valence-corrected chi connectivity index (χ4v) is 4.59. The van der Waals surface area contributed by atoms with Gasteiger partial charge in [0.1, 0.15) is 11.5 Å². The molecule has 0 aliphatic heterocycles. The van der Waals surface area contributed by atoms with Crippen LogP contribution in [0.5, 0.6) is 11.5 Å². The summed E-state index contributed by atoms with van der Waals surface area (Å²) in [5, 5.41) is 2.66.